The Hall–Kier alpha value is -0.760. The second-order valence-corrected chi connectivity index (χ2v) is 17.1. The van der Waals surface area contributed by atoms with Gasteiger partial charge in [-0.25, -0.2) is 4.57 Å². The Bertz CT molecular complexity index is 843. The van der Waals surface area contributed by atoms with E-state index in [1.807, 2.05) is 0 Å². The average molecular weight is 788 g/mol. The molecule has 0 aliphatic carbocycles. The van der Waals surface area contributed by atoms with Crippen LogP contribution in [0.4, 0.5) is 0 Å². The van der Waals surface area contributed by atoms with E-state index < -0.39 is 13.9 Å². The van der Waals surface area contributed by atoms with Crippen molar-refractivity contribution < 1.29 is 32.8 Å². The Labute approximate surface area is 334 Å². The van der Waals surface area contributed by atoms with E-state index in [0.717, 1.165) is 32.1 Å². The number of hydrogen-bond donors (Lipinski definition) is 2. The van der Waals surface area contributed by atoms with E-state index >= 15 is 0 Å². The Morgan fingerprint density at radius 1 is 0.537 bits per heavy atom. The molecule has 1 unspecified atom stereocenters. The van der Waals surface area contributed by atoms with Crippen LogP contribution in [0.3, 0.4) is 0 Å². The summed E-state index contributed by atoms with van der Waals surface area (Å²) < 4.78 is 33.5. The number of rotatable bonds is 45. The highest BCUT2D eigenvalue weighted by molar-refractivity contribution is 7.47. The van der Waals surface area contributed by atoms with Gasteiger partial charge >= 0.3 is 13.8 Å². The van der Waals surface area contributed by atoms with Gasteiger partial charge in [0.1, 0.15) is 6.10 Å². The highest BCUT2D eigenvalue weighted by Gasteiger charge is 2.25. The molecule has 3 N–H and O–H groups in total. The zero-order chi connectivity index (χ0) is 39.5. The van der Waals surface area contributed by atoms with Gasteiger partial charge in [-0.2, -0.15) is 0 Å². The highest BCUT2D eigenvalue weighted by Crippen LogP contribution is 2.43. The quantitative estimate of drug-likeness (QED) is 0.0271. The van der Waals surface area contributed by atoms with Crippen molar-refractivity contribution >= 4 is 13.8 Å². The molecule has 0 fully saturated rings. The fraction of sp³-hybridized carbons (Fsp3) is 0.933. The Balaban J connectivity index is 3.96. The molecule has 8 nitrogen and oxygen atoms in total. The molecule has 0 aliphatic rings. The molecule has 0 rings (SSSR count). The minimum absolute atomic E-state index is 0.0928. The second-order valence-electron chi connectivity index (χ2n) is 15.6. The molecule has 0 aromatic rings. The van der Waals surface area contributed by atoms with Crippen molar-refractivity contribution in [2.24, 2.45) is 5.73 Å². The van der Waals surface area contributed by atoms with Gasteiger partial charge in [0, 0.05) is 19.6 Å². The molecule has 0 saturated heterocycles. The van der Waals surface area contributed by atoms with Gasteiger partial charge in [-0.15, -0.1) is 0 Å². The van der Waals surface area contributed by atoms with E-state index in [2.05, 4.69) is 26.0 Å². The number of unbranched alkanes of at least 4 members (excludes halogenated alkanes) is 30. The van der Waals surface area contributed by atoms with Crippen LogP contribution in [-0.2, 0) is 27.9 Å². The summed E-state index contributed by atoms with van der Waals surface area (Å²) in [5, 5.41) is 0. The molecule has 54 heavy (non-hydrogen) atoms. The van der Waals surface area contributed by atoms with Crippen LogP contribution in [0.5, 0.6) is 0 Å². The number of nitrogens with two attached hydrogens (primary N) is 1. The van der Waals surface area contributed by atoms with Crippen LogP contribution in [0.2, 0.25) is 0 Å². The summed E-state index contributed by atoms with van der Waals surface area (Å²) in [6.45, 7) is 4.97. The SMILES string of the molecule is CCCCCCCC/C=C\CCCCCCCCCC(=O)O[C@H](COCCCCCCCCCCCCCCCCCCCC)COP(=O)(O)OCCN. The molecule has 2 atom stereocenters. The monoisotopic (exact) mass is 788 g/mol. The molecule has 0 radical (unpaired) electrons. The molecule has 0 heterocycles. The minimum Gasteiger partial charge on any atom is -0.457 e. The van der Waals surface area contributed by atoms with Crippen LogP contribution in [0.15, 0.2) is 12.2 Å². The van der Waals surface area contributed by atoms with Gasteiger partial charge in [-0.05, 0) is 38.5 Å². The third-order valence-corrected chi connectivity index (χ3v) is 11.2. The summed E-state index contributed by atoms with van der Waals surface area (Å²) in [6, 6.07) is 0. The lowest BCUT2D eigenvalue weighted by atomic mass is 10.0. The van der Waals surface area contributed by atoms with E-state index in [1.54, 1.807) is 0 Å². The topological polar surface area (TPSA) is 117 Å². The normalized spacial score (nSPS) is 13.5. The zero-order valence-electron chi connectivity index (χ0n) is 35.7. The predicted octanol–water partition coefficient (Wildman–Crippen LogP) is 13.9. The zero-order valence-corrected chi connectivity index (χ0v) is 36.6. The first-order valence-electron chi connectivity index (χ1n) is 23.2. The van der Waals surface area contributed by atoms with Crippen molar-refractivity contribution in [1.29, 1.82) is 0 Å². The number of phosphoric acid groups is 1. The summed E-state index contributed by atoms with van der Waals surface area (Å²) in [4.78, 5) is 22.5. The van der Waals surface area contributed by atoms with Crippen molar-refractivity contribution in [2.45, 2.75) is 238 Å². The first-order valence-corrected chi connectivity index (χ1v) is 24.7. The Morgan fingerprint density at radius 3 is 1.35 bits per heavy atom. The molecule has 9 heteroatoms. The van der Waals surface area contributed by atoms with Gasteiger partial charge in [0.2, 0.25) is 0 Å². The standard InChI is InChI=1S/C45H90NO7P/c1-3-5-7-9-11-13-15-17-19-21-23-25-27-29-31-33-35-37-40-50-42-44(43-52-54(48,49)51-41-39-46)53-45(47)38-36-34-32-30-28-26-24-22-20-18-16-14-12-10-8-6-4-2/h18,20,44H,3-17,19,21-43,46H2,1-2H3,(H,48,49)/b20-18-/t44-/m1/s1. The van der Waals surface area contributed by atoms with E-state index in [1.165, 1.54) is 180 Å². The van der Waals surface area contributed by atoms with Crippen LogP contribution in [0.1, 0.15) is 232 Å². The lowest BCUT2D eigenvalue weighted by Gasteiger charge is -2.20. The highest BCUT2D eigenvalue weighted by atomic mass is 31.2. The fourth-order valence-corrected chi connectivity index (χ4v) is 7.52. The maximum absolute atomic E-state index is 12.6. The number of esters is 1. The Morgan fingerprint density at radius 2 is 0.926 bits per heavy atom. The first-order chi connectivity index (χ1) is 26.4. The van der Waals surface area contributed by atoms with Crippen molar-refractivity contribution in [2.75, 3.05) is 33.0 Å². The van der Waals surface area contributed by atoms with Gasteiger partial charge in [0.05, 0.1) is 19.8 Å². The number of carbonyl (C=O) groups excluding carboxylic acids is 1. The smallest absolute Gasteiger partial charge is 0.457 e. The van der Waals surface area contributed by atoms with Crippen LogP contribution in [0, 0.1) is 0 Å². The van der Waals surface area contributed by atoms with Gasteiger partial charge in [0.25, 0.3) is 0 Å². The lowest BCUT2D eigenvalue weighted by molar-refractivity contribution is -0.154. The fourth-order valence-electron chi connectivity index (χ4n) is 6.76. The van der Waals surface area contributed by atoms with Crippen LogP contribution in [-0.4, -0.2) is 49.9 Å². The van der Waals surface area contributed by atoms with Crippen molar-refractivity contribution in [1.82, 2.24) is 0 Å². The van der Waals surface area contributed by atoms with Gasteiger partial charge in [-0.1, -0.05) is 199 Å². The van der Waals surface area contributed by atoms with E-state index in [-0.39, 0.29) is 32.3 Å². The molecule has 0 bridgehead atoms. The second kappa shape index (κ2) is 43.4. The molecule has 0 spiro atoms. The number of carbonyl (C=O) groups is 1. The Kier molecular flexibility index (Phi) is 42.8. The third-order valence-electron chi connectivity index (χ3n) is 10.2. The molecule has 0 aromatic heterocycles. The molecule has 0 aliphatic heterocycles. The summed E-state index contributed by atoms with van der Waals surface area (Å²) in [5.74, 6) is -0.330. The van der Waals surface area contributed by atoms with E-state index in [9.17, 15) is 14.3 Å². The minimum atomic E-state index is -4.27. The molecular formula is C45H90NO7P. The largest absolute Gasteiger partial charge is 0.472 e. The number of hydrogen-bond acceptors (Lipinski definition) is 7. The molecule has 0 amide bonds. The summed E-state index contributed by atoms with van der Waals surface area (Å²) in [6.07, 6.45) is 46.6. The lowest BCUT2D eigenvalue weighted by Crippen LogP contribution is -2.28. The number of ether oxygens (including phenoxy) is 2. The molecule has 0 saturated carbocycles. The van der Waals surface area contributed by atoms with Crippen molar-refractivity contribution in [3.05, 3.63) is 12.2 Å². The first kappa shape index (κ1) is 53.2. The molecule has 322 valence electrons. The van der Waals surface area contributed by atoms with Gasteiger partial charge in [0.15, 0.2) is 0 Å². The van der Waals surface area contributed by atoms with Gasteiger partial charge < -0.3 is 20.1 Å². The number of allylic oxidation sites excluding steroid dienone is 2. The van der Waals surface area contributed by atoms with Crippen LogP contribution < -0.4 is 5.73 Å². The maximum atomic E-state index is 12.6. The summed E-state index contributed by atoms with van der Waals surface area (Å²) >= 11 is 0. The third kappa shape index (κ3) is 42.4. The van der Waals surface area contributed by atoms with Crippen LogP contribution >= 0.6 is 7.82 Å². The van der Waals surface area contributed by atoms with E-state index in [0.29, 0.717) is 13.0 Å². The summed E-state index contributed by atoms with van der Waals surface area (Å²) in [7, 11) is -4.27. The predicted molar refractivity (Wildman–Crippen MR) is 229 cm³/mol. The van der Waals surface area contributed by atoms with E-state index in [4.69, 9.17) is 24.3 Å². The molecular weight excluding hydrogens is 697 g/mol. The van der Waals surface area contributed by atoms with Gasteiger partial charge in [-0.3, -0.25) is 13.8 Å². The summed E-state index contributed by atoms with van der Waals surface area (Å²) in [5.41, 5.74) is 5.38. The van der Waals surface area contributed by atoms with Crippen molar-refractivity contribution in [3.8, 4) is 0 Å². The molecule has 0 aromatic carbocycles. The van der Waals surface area contributed by atoms with Crippen LogP contribution in [0.25, 0.3) is 0 Å². The maximum Gasteiger partial charge on any atom is 0.472 e. The average Bonchev–Trinajstić information content (AvgIpc) is 3.16. The van der Waals surface area contributed by atoms with Crippen molar-refractivity contribution in [3.63, 3.8) is 0 Å². The number of phosphoric ester groups is 1.